The lowest BCUT2D eigenvalue weighted by Crippen LogP contribution is -2.46. The minimum atomic E-state index is -4.32. The second-order valence-corrected chi connectivity index (χ2v) is 6.06. The van der Waals surface area contributed by atoms with E-state index in [4.69, 9.17) is 5.73 Å². The Morgan fingerprint density at radius 2 is 1.86 bits per heavy atom. The molecule has 1 aromatic carbocycles. The van der Waals surface area contributed by atoms with E-state index in [9.17, 15) is 13.2 Å². The summed E-state index contributed by atoms with van der Waals surface area (Å²) in [5.41, 5.74) is 6.07. The lowest BCUT2D eigenvalue weighted by atomic mass is 9.95. The van der Waals surface area contributed by atoms with Crippen molar-refractivity contribution in [2.45, 2.75) is 57.4 Å². The Labute approximate surface area is 124 Å². The molecule has 1 unspecified atom stereocenters. The van der Waals surface area contributed by atoms with Crippen molar-refractivity contribution in [1.29, 1.82) is 0 Å². The van der Waals surface area contributed by atoms with Gasteiger partial charge in [-0.15, -0.1) is 0 Å². The lowest BCUT2D eigenvalue weighted by Gasteiger charge is -2.40. The molecule has 0 radical (unpaired) electrons. The molecule has 0 aliphatic carbocycles. The quantitative estimate of drug-likeness (QED) is 0.915. The van der Waals surface area contributed by atoms with Crippen molar-refractivity contribution in [2.75, 3.05) is 6.54 Å². The fourth-order valence-corrected chi connectivity index (χ4v) is 3.11. The first kappa shape index (κ1) is 16.3. The van der Waals surface area contributed by atoms with Gasteiger partial charge in [-0.25, -0.2) is 0 Å². The Morgan fingerprint density at radius 1 is 1.24 bits per heavy atom. The molecule has 118 valence electrons. The predicted molar refractivity (Wildman–Crippen MR) is 77.9 cm³/mol. The van der Waals surface area contributed by atoms with E-state index >= 15 is 0 Å². The third-order valence-electron chi connectivity index (χ3n) is 4.43. The van der Waals surface area contributed by atoms with Crippen LogP contribution in [0.15, 0.2) is 24.3 Å². The van der Waals surface area contributed by atoms with Gasteiger partial charge in [0, 0.05) is 24.7 Å². The highest BCUT2D eigenvalue weighted by Gasteiger charge is 2.31. The molecule has 5 heteroatoms. The molecule has 1 aliphatic heterocycles. The number of rotatable bonds is 3. The number of piperidine rings is 1. The molecular formula is C16H23F3N2. The van der Waals surface area contributed by atoms with Crippen LogP contribution in [0.2, 0.25) is 0 Å². The Morgan fingerprint density at radius 3 is 2.43 bits per heavy atom. The van der Waals surface area contributed by atoms with Crippen molar-refractivity contribution in [3.8, 4) is 0 Å². The third kappa shape index (κ3) is 3.98. The zero-order chi connectivity index (χ0) is 15.6. The van der Waals surface area contributed by atoms with Gasteiger partial charge in [0.1, 0.15) is 0 Å². The number of hydrogen-bond donors (Lipinski definition) is 1. The molecule has 3 atom stereocenters. The van der Waals surface area contributed by atoms with E-state index in [1.165, 1.54) is 18.6 Å². The van der Waals surface area contributed by atoms with Gasteiger partial charge in [0.15, 0.2) is 0 Å². The Balaban J connectivity index is 2.11. The smallest absolute Gasteiger partial charge is 0.323 e. The number of benzene rings is 1. The third-order valence-corrected chi connectivity index (χ3v) is 4.43. The lowest BCUT2D eigenvalue weighted by molar-refractivity contribution is -0.137. The van der Waals surface area contributed by atoms with Gasteiger partial charge >= 0.3 is 6.18 Å². The van der Waals surface area contributed by atoms with Crippen LogP contribution >= 0.6 is 0 Å². The Hall–Kier alpha value is -1.07. The monoisotopic (exact) mass is 300 g/mol. The maximum atomic E-state index is 12.8. The van der Waals surface area contributed by atoms with Gasteiger partial charge in [0.2, 0.25) is 0 Å². The molecule has 0 spiro atoms. The van der Waals surface area contributed by atoms with Crippen molar-refractivity contribution in [1.82, 2.24) is 4.90 Å². The van der Waals surface area contributed by atoms with E-state index in [1.807, 2.05) is 0 Å². The number of hydrogen-bond acceptors (Lipinski definition) is 2. The summed E-state index contributed by atoms with van der Waals surface area (Å²) in [5, 5.41) is 0. The van der Waals surface area contributed by atoms with Gasteiger partial charge in [-0.05, 0) is 44.4 Å². The van der Waals surface area contributed by atoms with Gasteiger partial charge in [0.25, 0.3) is 0 Å². The first-order valence-corrected chi connectivity index (χ1v) is 7.47. The van der Waals surface area contributed by atoms with E-state index < -0.39 is 17.8 Å². The second kappa shape index (κ2) is 6.36. The van der Waals surface area contributed by atoms with E-state index in [1.54, 1.807) is 6.07 Å². The van der Waals surface area contributed by atoms with Crippen LogP contribution in [0, 0.1) is 0 Å². The summed E-state index contributed by atoms with van der Waals surface area (Å²) >= 11 is 0. The van der Waals surface area contributed by atoms with Crippen LogP contribution in [0.25, 0.3) is 0 Å². The Kier molecular flexibility index (Phi) is 4.94. The molecule has 0 bridgehead atoms. The highest BCUT2D eigenvalue weighted by Crippen LogP contribution is 2.31. The van der Waals surface area contributed by atoms with Crippen molar-refractivity contribution in [2.24, 2.45) is 5.73 Å². The number of alkyl halides is 3. The second-order valence-electron chi connectivity index (χ2n) is 6.06. The van der Waals surface area contributed by atoms with Crippen LogP contribution in [-0.4, -0.2) is 23.5 Å². The van der Waals surface area contributed by atoms with E-state index in [2.05, 4.69) is 18.7 Å². The molecule has 0 amide bonds. The van der Waals surface area contributed by atoms with Gasteiger partial charge in [-0.1, -0.05) is 18.6 Å². The standard InChI is InChI=1S/C16H23F3N2/c1-11-5-3-6-12(2)21(11)10-15(20)13-7-4-8-14(9-13)16(17,18)19/h4,7-9,11-12,15H,3,5-6,10,20H2,1-2H3/t11-,12+,15?. The summed E-state index contributed by atoms with van der Waals surface area (Å²) in [7, 11) is 0. The minimum Gasteiger partial charge on any atom is -0.323 e. The van der Waals surface area contributed by atoms with Crippen LogP contribution in [-0.2, 0) is 6.18 Å². The highest BCUT2D eigenvalue weighted by atomic mass is 19.4. The van der Waals surface area contributed by atoms with Crippen LogP contribution in [0.1, 0.15) is 50.3 Å². The van der Waals surface area contributed by atoms with Crippen molar-refractivity contribution in [3.63, 3.8) is 0 Å². The Bertz CT molecular complexity index is 463. The van der Waals surface area contributed by atoms with Gasteiger partial charge in [-0.2, -0.15) is 13.2 Å². The van der Waals surface area contributed by atoms with Crippen LogP contribution in [0.3, 0.4) is 0 Å². The molecule has 21 heavy (non-hydrogen) atoms. The van der Waals surface area contributed by atoms with Crippen LogP contribution in [0.5, 0.6) is 0 Å². The number of halogens is 3. The first-order chi connectivity index (χ1) is 9.79. The topological polar surface area (TPSA) is 29.3 Å². The van der Waals surface area contributed by atoms with Crippen molar-refractivity contribution < 1.29 is 13.2 Å². The molecule has 2 N–H and O–H groups in total. The van der Waals surface area contributed by atoms with Gasteiger partial charge in [0.05, 0.1) is 5.56 Å². The normalized spacial score (nSPS) is 25.8. The van der Waals surface area contributed by atoms with Crippen molar-refractivity contribution >= 4 is 0 Å². The van der Waals surface area contributed by atoms with E-state index in [0.29, 0.717) is 24.2 Å². The van der Waals surface area contributed by atoms with Crippen LogP contribution < -0.4 is 5.73 Å². The largest absolute Gasteiger partial charge is 0.416 e. The molecule has 1 aliphatic rings. The molecule has 1 saturated heterocycles. The summed E-state index contributed by atoms with van der Waals surface area (Å²) in [6.45, 7) is 4.92. The average Bonchev–Trinajstić information content (AvgIpc) is 2.42. The van der Waals surface area contributed by atoms with E-state index in [0.717, 1.165) is 18.9 Å². The summed E-state index contributed by atoms with van der Waals surface area (Å²) < 4.78 is 38.3. The maximum Gasteiger partial charge on any atom is 0.416 e. The summed E-state index contributed by atoms with van der Waals surface area (Å²) in [5.74, 6) is 0. The zero-order valence-corrected chi connectivity index (χ0v) is 12.5. The predicted octanol–water partition coefficient (Wildman–Crippen LogP) is 3.97. The summed E-state index contributed by atoms with van der Waals surface area (Å²) in [4.78, 5) is 2.31. The molecule has 0 saturated carbocycles. The molecule has 2 rings (SSSR count). The van der Waals surface area contributed by atoms with Crippen molar-refractivity contribution in [3.05, 3.63) is 35.4 Å². The average molecular weight is 300 g/mol. The molecule has 1 aromatic rings. The number of likely N-dealkylation sites (tertiary alicyclic amines) is 1. The molecule has 1 heterocycles. The molecule has 0 aromatic heterocycles. The van der Waals surface area contributed by atoms with Gasteiger partial charge < -0.3 is 5.73 Å². The van der Waals surface area contributed by atoms with Crippen LogP contribution in [0.4, 0.5) is 13.2 Å². The van der Waals surface area contributed by atoms with Gasteiger partial charge in [-0.3, -0.25) is 4.90 Å². The van der Waals surface area contributed by atoms with E-state index in [-0.39, 0.29) is 0 Å². The molecule has 2 nitrogen and oxygen atoms in total. The fourth-order valence-electron chi connectivity index (χ4n) is 3.11. The highest BCUT2D eigenvalue weighted by molar-refractivity contribution is 5.28. The maximum absolute atomic E-state index is 12.8. The molecular weight excluding hydrogens is 277 g/mol. The summed E-state index contributed by atoms with van der Waals surface area (Å²) in [6, 6.07) is 5.85. The number of nitrogens with zero attached hydrogens (tertiary/aromatic N) is 1. The first-order valence-electron chi connectivity index (χ1n) is 7.47. The number of nitrogens with two attached hydrogens (primary N) is 1. The summed E-state index contributed by atoms with van der Waals surface area (Å²) in [6.07, 6.45) is -0.863. The minimum absolute atomic E-state index is 0.393. The zero-order valence-electron chi connectivity index (χ0n) is 12.5. The molecule has 1 fully saturated rings. The SMILES string of the molecule is C[C@@H]1CCC[C@H](C)N1CC(N)c1cccc(C(F)(F)F)c1. The fraction of sp³-hybridized carbons (Fsp3) is 0.625.